The Hall–Kier alpha value is -0.787. The molecule has 0 heterocycles. The summed E-state index contributed by atoms with van der Waals surface area (Å²) in [5.74, 6) is -1.65. The van der Waals surface area contributed by atoms with Crippen LogP contribution in [-0.4, -0.2) is 0 Å². The standard InChI is InChI=1S/C12H7F2.ClH.Zn/c13-11-7-6-10(8-12(11)14)9-4-2-1-3-5-9;;/h2-8H;1H;/q-1;;+2/p-1. The van der Waals surface area contributed by atoms with Gasteiger partial charge in [-0.3, -0.25) is 0 Å². The molecule has 0 radical (unpaired) electrons. The topological polar surface area (TPSA) is 0 Å². The van der Waals surface area contributed by atoms with Crippen LogP contribution in [0.4, 0.5) is 8.78 Å². The fraction of sp³-hybridized carbons (Fsp3) is 0. The molecule has 0 nitrogen and oxygen atoms in total. The van der Waals surface area contributed by atoms with Crippen LogP contribution in [0.3, 0.4) is 0 Å². The van der Waals surface area contributed by atoms with Crippen LogP contribution < -0.4 is 12.4 Å². The SMILES string of the molecule is Fc1ccc(-c2cc[c-]cc2)cc1F.[Cl-].[Zn+2]. The summed E-state index contributed by atoms with van der Waals surface area (Å²) < 4.78 is 25.5. The van der Waals surface area contributed by atoms with Crippen LogP contribution in [0.5, 0.6) is 0 Å². The van der Waals surface area contributed by atoms with Crippen molar-refractivity contribution in [3.8, 4) is 11.1 Å². The molecule has 0 unspecified atom stereocenters. The fourth-order valence-electron chi connectivity index (χ4n) is 1.26. The van der Waals surface area contributed by atoms with E-state index in [4.69, 9.17) is 0 Å². The molecule has 0 atom stereocenters. The Bertz CT molecular complexity index is 446. The minimum absolute atomic E-state index is 0. The third kappa shape index (κ3) is 3.36. The molecule has 78 valence electrons. The first kappa shape index (κ1) is 15.2. The van der Waals surface area contributed by atoms with Crippen LogP contribution in [0.25, 0.3) is 11.1 Å². The van der Waals surface area contributed by atoms with Gasteiger partial charge in [0.05, 0.1) is 0 Å². The van der Waals surface area contributed by atoms with E-state index in [-0.39, 0.29) is 31.9 Å². The molecule has 0 aliphatic carbocycles. The molecule has 0 spiro atoms. The van der Waals surface area contributed by atoms with Gasteiger partial charge in [-0.15, -0.1) is 5.56 Å². The molecule has 0 saturated heterocycles. The second kappa shape index (κ2) is 6.72. The Kier molecular flexibility index (Phi) is 6.39. The number of rotatable bonds is 1. The molecule has 0 aromatic heterocycles. The Morgan fingerprint density at radius 2 is 1.44 bits per heavy atom. The summed E-state index contributed by atoms with van der Waals surface area (Å²) in [5, 5.41) is 0. The van der Waals surface area contributed by atoms with Crippen molar-refractivity contribution in [1.29, 1.82) is 0 Å². The van der Waals surface area contributed by atoms with E-state index in [9.17, 15) is 8.78 Å². The van der Waals surface area contributed by atoms with Gasteiger partial charge in [0.1, 0.15) is 0 Å². The van der Waals surface area contributed by atoms with Crippen LogP contribution in [0.2, 0.25) is 0 Å². The molecule has 2 aromatic rings. The molecule has 0 fully saturated rings. The molecule has 0 N–H and O–H groups in total. The van der Waals surface area contributed by atoms with E-state index in [1.54, 1.807) is 30.3 Å². The van der Waals surface area contributed by atoms with Crippen LogP contribution in [0.15, 0.2) is 42.5 Å². The molecule has 0 amide bonds. The van der Waals surface area contributed by atoms with Crippen molar-refractivity contribution < 1.29 is 40.7 Å². The Morgan fingerprint density at radius 1 is 0.812 bits per heavy atom. The Morgan fingerprint density at radius 3 is 2.00 bits per heavy atom. The van der Waals surface area contributed by atoms with Crippen LogP contribution in [-0.2, 0) is 19.5 Å². The zero-order chi connectivity index (χ0) is 9.97. The van der Waals surface area contributed by atoms with E-state index in [0.717, 1.165) is 11.6 Å². The molecule has 2 aromatic carbocycles. The van der Waals surface area contributed by atoms with Gasteiger partial charge < -0.3 is 12.4 Å². The van der Waals surface area contributed by atoms with Crippen molar-refractivity contribution in [1.82, 2.24) is 0 Å². The average molecular weight is 290 g/mol. The number of hydrogen-bond donors (Lipinski definition) is 0. The first-order valence-electron chi connectivity index (χ1n) is 4.19. The van der Waals surface area contributed by atoms with Gasteiger partial charge >= 0.3 is 19.5 Å². The maximum absolute atomic E-state index is 12.9. The van der Waals surface area contributed by atoms with Crippen molar-refractivity contribution in [2.45, 2.75) is 0 Å². The van der Waals surface area contributed by atoms with E-state index < -0.39 is 11.6 Å². The van der Waals surface area contributed by atoms with Gasteiger partial charge in [-0.25, -0.2) is 8.78 Å². The van der Waals surface area contributed by atoms with Crippen LogP contribution in [0.1, 0.15) is 0 Å². The first-order chi connectivity index (χ1) is 6.77. The summed E-state index contributed by atoms with van der Waals surface area (Å²) in [6.45, 7) is 0. The van der Waals surface area contributed by atoms with Gasteiger partial charge in [0, 0.05) is 0 Å². The maximum atomic E-state index is 12.9. The second-order valence-corrected chi connectivity index (χ2v) is 2.92. The van der Waals surface area contributed by atoms with Gasteiger partial charge in [0.2, 0.25) is 0 Å². The quantitative estimate of drug-likeness (QED) is 0.528. The first-order valence-corrected chi connectivity index (χ1v) is 4.19. The minimum Gasteiger partial charge on any atom is -1.00 e. The van der Waals surface area contributed by atoms with Crippen molar-refractivity contribution in [3.05, 3.63) is 60.2 Å². The second-order valence-electron chi connectivity index (χ2n) is 2.92. The van der Waals surface area contributed by atoms with Gasteiger partial charge in [0.25, 0.3) is 0 Å². The molecule has 0 aliphatic rings. The van der Waals surface area contributed by atoms with Crippen LogP contribution in [0, 0.1) is 17.7 Å². The summed E-state index contributed by atoms with van der Waals surface area (Å²) in [6, 6.07) is 13.8. The molecule has 0 aliphatic heterocycles. The van der Waals surface area contributed by atoms with Gasteiger partial charge in [-0.1, -0.05) is 6.07 Å². The third-order valence-corrected chi connectivity index (χ3v) is 1.97. The van der Waals surface area contributed by atoms with Gasteiger partial charge in [-0.05, 0) is 17.7 Å². The normalized spacial score (nSPS) is 8.88. The largest absolute Gasteiger partial charge is 2.00 e. The van der Waals surface area contributed by atoms with Gasteiger partial charge in [-0.2, -0.15) is 30.3 Å². The van der Waals surface area contributed by atoms with E-state index in [0.29, 0.717) is 5.56 Å². The molecular formula is C12H7ClF2Zn. The van der Waals surface area contributed by atoms with E-state index in [1.807, 2.05) is 0 Å². The Balaban J connectivity index is 0.00000112. The fourth-order valence-corrected chi connectivity index (χ4v) is 1.26. The zero-order valence-corrected chi connectivity index (χ0v) is 12.1. The van der Waals surface area contributed by atoms with Crippen molar-refractivity contribution in [2.24, 2.45) is 0 Å². The molecular weight excluding hydrogens is 283 g/mol. The molecule has 0 bridgehead atoms. The summed E-state index contributed by atoms with van der Waals surface area (Å²) >= 11 is 0. The predicted molar refractivity (Wildman–Crippen MR) is 50.6 cm³/mol. The molecule has 2 rings (SSSR count). The zero-order valence-electron chi connectivity index (χ0n) is 8.38. The maximum Gasteiger partial charge on any atom is 2.00 e. The number of benzene rings is 2. The molecule has 0 saturated carbocycles. The smallest absolute Gasteiger partial charge is 1.00 e. The number of halogens is 3. The van der Waals surface area contributed by atoms with Crippen molar-refractivity contribution in [3.63, 3.8) is 0 Å². The Labute approximate surface area is 112 Å². The molecule has 4 heteroatoms. The van der Waals surface area contributed by atoms with E-state index in [2.05, 4.69) is 6.07 Å². The minimum atomic E-state index is -0.824. The monoisotopic (exact) mass is 288 g/mol. The summed E-state index contributed by atoms with van der Waals surface area (Å²) in [5.41, 5.74) is 1.51. The predicted octanol–water partition coefficient (Wildman–Crippen LogP) is 0.433. The average Bonchev–Trinajstić information content (AvgIpc) is 2.23. The molecule has 16 heavy (non-hydrogen) atoms. The summed E-state index contributed by atoms with van der Waals surface area (Å²) in [6.07, 6.45) is 0. The summed E-state index contributed by atoms with van der Waals surface area (Å²) in [4.78, 5) is 0. The number of hydrogen-bond acceptors (Lipinski definition) is 0. The van der Waals surface area contributed by atoms with E-state index in [1.165, 1.54) is 6.07 Å². The third-order valence-electron chi connectivity index (χ3n) is 1.97. The van der Waals surface area contributed by atoms with Crippen molar-refractivity contribution in [2.75, 3.05) is 0 Å². The van der Waals surface area contributed by atoms with E-state index >= 15 is 0 Å². The summed E-state index contributed by atoms with van der Waals surface area (Å²) in [7, 11) is 0. The van der Waals surface area contributed by atoms with Crippen LogP contribution >= 0.6 is 0 Å². The van der Waals surface area contributed by atoms with Gasteiger partial charge in [0.15, 0.2) is 11.6 Å². The van der Waals surface area contributed by atoms with Crippen molar-refractivity contribution >= 4 is 0 Å².